The molecule has 25 heavy (non-hydrogen) atoms. The van der Waals surface area contributed by atoms with Crippen LogP contribution in [0.5, 0.6) is 0 Å². The Balaban J connectivity index is 1.58. The number of amides is 1. The van der Waals surface area contributed by atoms with Gasteiger partial charge < -0.3 is 5.32 Å². The van der Waals surface area contributed by atoms with E-state index < -0.39 is 0 Å². The second kappa shape index (κ2) is 8.65. The first-order chi connectivity index (χ1) is 12.1. The zero-order valence-corrected chi connectivity index (χ0v) is 16.3. The predicted molar refractivity (Wildman–Crippen MR) is 108 cm³/mol. The molecule has 2 heterocycles. The fraction of sp³-hybridized carbons (Fsp3) is 0.368. The van der Waals surface area contributed by atoms with Gasteiger partial charge in [-0.15, -0.1) is 11.3 Å². The van der Waals surface area contributed by atoms with Gasteiger partial charge in [0.15, 0.2) is 0 Å². The maximum Gasteiger partial charge on any atom is 0.248 e. The van der Waals surface area contributed by atoms with E-state index >= 15 is 0 Å². The van der Waals surface area contributed by atoms with Gasteiger partial charge in [-0.2, -0.15) is 11.8 Å². The quantitative estimate of drug-likeness (QED) is 0.806. The summed E-state index contributed by atoms with van der Waals surface area (Å²) < 4.78 is 0. The van der Waals surface area contributed by atoms with Crippen molar-refractivity contribution in [1.82, 2.24) is 9.88 Å². The van der Waals surface area contributed by atoms with E-state index in [2.05, 4.69) is 27.3 Å². The Kier molecular flexibility index (Phi) is 6.29. The molecule has 1 aliphatic rings. The van der Waals surface area contributed by atoms with Crippen LogP contribution < -0.4 is 5.32 Å². The fourth-order valence-corrected chi connectivity index (χ4v) is 4.33. The van der Waals surface area contributed by atoms with Crippen LogP contribution in [0.3, 0.4) is 0 Å². The molecule has 6 heteroatoms. The highest BCUT2D eigenvalue weighted by Crippen LogP contribution is 2.19. The summed E-state index contributed by atoms with van der Waals surface area (Å²) in [5, 5.41) is 5.89. The lowest BCUT2D eigenvalue weighted by molar-refractivity contribution is -0.111. The Labute approximate surface area is 157 Å². The summed E-state index contributed by atoms with van der Waals surface area (Å²) in [6, 6.07) is 6.28. The van der Waals surface area contributed by atoms with Crippen molar-refractivity contribution >= 4 is 40.8 Å². The smallest absolute Gasteiger partial charge is 0.248 e. The highest BCUT2D eigenvalue weighted by molar-refractivity contribution is 7.99. The summed E-state index contributed by atoms with van der Waals surface area (Å²) >= 11 is 3.61. The van der Waals surface area contributed by atoms with Crippen LogP contribution in [0.4, 0.5) is 5.69 Å². The fourth-order valence-electron chi connectivity index (χ4n) is 2.77. The topological polar surface area (TPSA) is 45.2 Å². The molecule has 1 amide bonds. The number of benzene rings is 1. The molecule has 0 atom stereocenters. The molecule has 1 aromatic carbocycles. The molecule has 0 spiro atoms. The molecule has 1 aromatic heterocycles. The highest BCUT2D eigenvalue weighted by atomic mass is 32.2. The Morgan fingerprint density at radius 3 is 2.80 bits per heavy atom. The molecule has 3 rings (SSSR count). The second-order valence-electron chi connectivity index (χ2n) is 6.15. The summed E-state index contributed by atoms with van der Waals surface area (Å²) in [5.74, 6) is 2.31. The average Bonchev–Trinajstić information content (AvgIpc) is 3.02. The van der Waals surface area contributed by atoms with Gasteiger partial charge in [-0.3, -0.25) is 9.69 Å². The second-order valence-corrected chi connectivity index (χ2v) is 8.44. The van der Waals surface area contributed by atoms with E-state index in [1.54, 1.807) is 17.4 Å². The first-order valence-electron chi connectivity index (χ1n) is 8.41. The summed E-state index contributed by atoms with van der Waals surface area (Å²) in [6.07, 6.45) is 3.28. The third-order valence-electron chi connectivity index (χ3n) is 4.10. The number of hydrogen-bond acceptors (Lipinski definition) is 5. The molecule has 0 aliphatic carbocycles. The van der Waals surface area contributed by atoms with Gasteiger partial charge >= 0.3 is 0 Å². The van der Waals surface area contributed by atoms with Crippen LogP contribution in [0, 0.1) is 13.8 Å². The zero-order valence-electron chi connectivity index (χ0n) is 14.6. The van der Waals surface area contributed by atoms with E-state index in [-0.39, 0.29) is 5.91 Å². The normalized spacial score (nSPS) is 15.6. The van der Waals surface area contributed by atoms with Crippen molar-refractivity contribution in [1.29, 1.82) is 0 Å². The van der Waals surface area contributed by atoms with Crippen molar-refractivity contribution in [2.45, 2.75) is 20.4 Å². The van der Waals surface area contributed by atoms with Gasteiger partial charge in [0.25, 0.3) is 0 Å². The van der Waals surface area contributed by atoms with Crippen LogP contribution in [-0.2, 0) is 11.3 Å². The number of carbonyl (C=O) groups excluding carboxylic acids is 1. The van der Waals surface area contributed by atoms with Gasteiger partial charge in [-0.05, 0) is 37.1 Å². The van der Waals surface area contributed by atoms with Crippen LogP contribution in [0.1, 0.15) is 21.8 Å². The number of nitrogens with one attached hydrogen (secondary N) is 1. The molecule has 1 aliphatic heterocycles. The van der Waals surface area contributed by atoms with Gasteiger partial charge in [-0.1, -0.05) is 12.1 Å². The van der Waals surface area contributed by atoms with E-state index in [9.17, 15) is 4.79 Å². The first kappa shape index (κ1) is 18.2. The lowest BCUT2D eigenvalue weighted by atomic mass is 10.1. The molecule has 1 N–H and O–H groups in total. The minimum absolute atomic E-state index is 0.130. The number of rotatable bonds is 5. The standard InChI is InChI=1S/C19H23N3OS2/c1-14-11-16(12-22-7-9-24-10-8-22)3-5-18(14)21-19(23)6-4-17-13-25-15(2)20-17/h3-6,11,13H,7-10,12H2,1-2H3,(H,21,23)/b6-4+. The summed E-state index contributed by atoms with van der Waals surface area (Å²) in [5.41, 5.74) is 4.08. The highest BCUT2D eigenvalue weighted by Gasteiger charge is 2.11. The molecule has 2 aromatic rings. The van der Waals surface area contributed by atoms with Gasteiger partial charge in [0, 0.05) is 48.3 Å². The first-order valence-corrected chi connectivity index (χ1v) is 10.4. The maximum atomic E-state index is 12.1. The van der Waals surface area contributed by atoms with Crippen molar-refractivity contribution in [3.63, 3.8) is 0 Å². The van der Waals surface area contributed by atoms with E-state index in [1.165, 1.54) is 23.1 Å². The Bertz CT molecular complexity index is 764. The predicted octanol–water partition coefficient (Wildman–Crippen LogP) is 3.96. The Morgan fingerprint density at radius 1 is 1.32 bits per heavy atom. The number of nitrogens with zero attached hydrogens (tertiary/aromatic N) is 2. The van der Waals surface area contributed by atoms with Crippen molar-refractivity contribution in [2.75, 3.05) is 29.9 Å². The SMILES string of the molecule is Cc1nc(/C=C/C(=O)Nc2ccc(CN3CCSCC3)cc2C)cs1. The van der Waals surface area contributed by atoms with Gasteiger partial charge in [0.05, 0.1) is 10.7 Å². The molecule has 0 radical (unpaired) electrons. The number of carbonyl (C=O) groups is 1. The summed E-state index contributed by atoms with van der Waals surface area (Å²) in [4.78, 5) is 18.9. The van der Waals surface area contributed by atoms with Gasteiger partial charge in [-0.25, -0.2) is 4.98 Å². The third kappa shape index (κ3) is 5.42. The number of thioether (sulfide) groups is 1. The molecule has 0 unspecified atom stereocenters. The van der Waals surface area contributed by atoms with Crippen LogP contribution in [-0.4, -0.2) is 40.4 Å². The minimum atomic E-state index is -0.130. The minimum Gasteiger partial charge on any atom is -0.322 e. The maximum absolute atomic E-state index is 12.1. The van der Waals surface area contributed by atoms with Crippen LogP contribution in [0.2, 0.25) is 0 Å². The average molecular weight is 374 g/mol. The van der Waals surface area contributed by atoms with E-state index in [4.69, 9.17) is 0 Å². The van der Waals surface area contributed by atoms with Crippen molar-refractivity contribution < 1.29 is 4.79 Å². The van der Waals surface area contributed by atoms with Crippen LogP contribution >= 0.6 is 23.1 Å². The van der Waals surface area contributed by atoms with Gasteiger partial charge in [0.2, 0.25) is 5.91 Å². The number of aryl methyl sites for hydroxylation is 2. The summed E-state index contributed by atoms with van der Waals surface area (Å²) in [6.45, 7) is 7.29. The zero-order chi connectivity index (χ0) is 17.6. The molecule has 0 bridgehead atoms. The van der Waals surface area contributed by atoms with E-state index in [0.29, 0.717) is 0 Å². The van der Waals surface area contributed by atoms with Crippen molar-refractivity contribution in [3.8, 4) is 0 Å². The number of aromatic nitrogens is 1. The molecule has 132 valence electrons. The molecule has 1 fully saturated rings. The van der Waals surface area contributed by atoms with Gasteiger partial charge in [0.1, 0.15) is 0 Å². The number of hydrogen-bond donors (Lipinski definition) is 1. The Morgan fingerprint density at radius 2 is 2.12 bits per heavy atom. The van der Waals surface area contributed by atoms with Crippen LogP contribution in [0.25, 0.3) is 6.08 Å². The third-order valence-corrected chi connectivity index (χ3v) is 5.84. The number of anilines is 1. The van der Waals surface area contributed by atoms with E-state index in [0.717, 1.165) is 41.6 Å². The summed E-state index contributed by atoms with van der Waals surface area (Å²) in [7, 11) is 0. The molecular formula is C19H23N3OS2. The lowest BCUT2D eigenvalue weighted by Crippen LogP contribution is -2.31. The molecule has 4 nitrogen and oxygen atoms in total. The van der Waals surface area contributed by atoms with Crippen LogP contribution in [0.15, 0.2) is 29.7 Å². The van der Waals surface area contributed by atoms with Crippen molar-refractivity contribution in [2.24, 2.45) is 0 Å². The number of thiazole rings is 1. The largest absolute Gasteiger partial charge is 0.322 e. The monoisotopic (exact) mass is 373 g/mol. The molecule has 1 saturated heterocycles. The lowest BCUT2D eigenvalue weighted by Gasteiger charge is -2.26. The molecular weight excluding hydrogens is 350 g/mol. The van der Waals surface area contributed by atoms with E-state index in [1.807, 2.05) is 37.1 Å². The van der Waals surface area contributed by atoms with Crippen molar-refractivity contribution in [3.05, 3.63) is 51.5 Å². The Hall–Kier alpha value is -1.63. The molecule has 0 saturated carbocycles.